The third kappa shape index (κ3) is 2.30. The van der Waals surface area contributed by atoms with Gasteiger partial charge in [-0.2, -0.15) is 4.98 Å². The lowest BCUT2D eigenvalue weighted by Crippen LogP contribution is -2.45. The van der Waals surface area contributed by atoms with Crippen LogP contribution in [-0.4, -0.2) is 16.2 Å². The van der Waals surface area contributed by atoms with Gasteiger partial charge in [0.1, 0.15) is 0 Å². The highest BCUT2D eigenvalue weighted by Crippen LogP contribution is 2.49. The molecule has 18 heavy (non-hydrogen) atoms. The van der Waals surface area contributed by atoms with Crippen LogP contribution in [0.4, 0.5) is 0 Å². The second-order valence-corrected chi connectivity index (χ2v) is 6.20. The van der Waals surface area contributed by atoms with Gasteiger partial charge >= 0.3 is 0 Å². The highest BCUT2D eigenvalue weighted by Gasteiger charge is 2.44. The van der Waals surface area contributed by atoms with E-state index in [0.29, 0.717) is 11.8 Å². The third-order valence-corrected chi connectivity index (χ3v) is 4.76. The fourth-order valence-electron chi connectivity index (χ4n) is 3.03. The maximum atomic E-state index is 6.18. The van der Waals surface area contributed by atoms with Crippen LogP contribution in [0.5, 0.6) is 0 Å². The Morgan fingerprint density at radius 2 is 2.11 bits per heavy atom. The van der Waals surface area contributed by atoms with Crippen LogP contribution in [0.1, 0.15) is 64.6 Å². The number of hydrogen-bond acceptors (Lipinski definition) is 4. The van der Waals surface area contributed by atoms with E-state index in [4.69, 9.17) is 10.3 Å². The monoisotopic (exact) mass is 251 g/mol. The summed E-state index contributed by atoms with van der Waals surface area (Å²) in [6.07, 6.45) is 4.03. The van der Waals surface area contributed by atoms with Gasteiger partial charge in [-0.1, -0.05) is 32.9 Å². The van der Waals surface area contributed by atoms with Crippen molar-refractivity contribution in [3.05, 3.63) is 11.7 Å². The molecular weight excluding hydrogens is 226 g/mol. The Morgan fingerprint density at radius 3 is 2.78 bits per heavy atom. The van der Waals surface area contributed by atoms with Crippen molar-refractivity contribution in [3.8, 4) is 0 Å². The molecule has 2 N–H and O–H groups in total. The lowest BCUT2D eigenvalue weighted by Gasteiger charge is -2.45. The predicted octanol–water partition coefficient (Wildman–Crippen LogP) is 2.89. The fourth-order valence-corrected chi connectivity index (χ4v) is 3.03. The van der Waals surface area contributed by atoms with Crippen LogP contribution in [0.3, 0.4) is 0 Å². The van der Waals surface area contributed by atoms with Crippen LogP contribution >= 0.6 is 0 Å². The predicted molar refractivity (Wildman–Crippen MR) is 71.2 cm³/mol. The highest BCUT2D eigenvalue weighted by atomic mass is 16.5. The average molecular weight is 251 g/mol. The van der Waals surface area contributed by atoms with Crippen molar-refractivity contribution in [2.45, 2.75) is 65.3 Å². The minimum Gasteiger partial charge on any atom is -0.339 e. The summed E-state index contributed by atoms with van der Waals surface area (Å²) in [4.78, 5) is 4.56. The van der Waals surface area contributed by atoms with E-state index in [1.807, 2.05) is 0 Å². The first-order valence-electron chi connectivity index (χ1n) is 7.04. The van der Waals surface area contributed by atoms with Crippen molar-refractivity contribution in [3.63, 3.8) is 0 Å². The van der Waals surface area contributed by atoms with Gasteiger partial charge in [0.15, 0.2) is 5.82 Å². The minimum absolute atomic E-state index is 0.119. The first kappa shape index (κ1) is 13.5. The first-order chi connectivity index (χ1) is 8.46. The smallest absolute Gasteiger partial charge is 0.230 e. The summed E-state index contributed by atoms with van der Waals surface area (Å²) < 4.78 is 5.47. The van der Waals surface area contributed by atoms with E-state index < -0.39 is 0 Å². The molecular formula is C14H25N3O. The second-order valence-electron chi connectivity index (χ2n) is 6.20. The van der Waals surface area contributed by atoms with Gasteiger partial charge in [0.2, 0.25) is 5.89 Å². The summed E-state index contributed by atoms with van der Waals surface area (Å²) in [6, 6.07) is 0.286. The Hall–Kier alpha value is -0.900. The molecule has 3 atom stereocenters. The lowest BCUT2D eigenvalue weighted by atomic mass is 9.61. The molecule has 0 saturated heterocycles. The molecule has 0 aromatic carbocycles. The summed E-state index contributed by atoms with van der Waals surface area (Å²) in [5, 5.41) is 4.07. The van der Waals surface area contributed by atoms with Gasteiger partial charge in [0.05, 0.1) is 0 Å². The first-order valence-corrected chi connectivity index (χ1v) is 7.04. The zero-order chi connectivity index (χ0) is 13.3. The largest absolute Gasteiger partial charge is 0.339 e. The molecule has 1 aromatic rings. The van der Waals surface area contributed by atoms with Crippen molar-refractivity contribution >= 4 is 0 Å². The van der Waals surface area contributed by atoms with E-state index in [9.17, 15) is 0 Å². The van der Waals surface area contributed by atoms with Gasteiger partial charge in [-0.25, -0.2) is 0 Å². The summed E-state index contributed by atoms with van der Waals surface area (Å²) in [6.45, 7) is 8.90. The Morgan fingerprint density at radius 1 is 1.39 bits per heavy atom. The Balaban J connectivity index is 2.21. The van der Waals surface area contributed by atoms with E-state index in [2.05, 4.69) is 37.8 Å². The van der Waals surface area contributed by atoms with Crippen LogP contribution in [-0.2, 0) is 6.42 Å². The molecule has 2 rings (SSSR count). The summed E-state index contributed by atoms with van der Waals surface area (Å²) >= 11 is 0. The number of rotatable bonds is 3. The van der Waals surface area contributed by atoms with Crippen molar-refractivity contribution in [2.24, 2.45) is 17.1 Å². The maximum absolute atomic E-state index is 6.18. The zero-order valence-corrected chi connectivity index (χ0v) is 11.9. The molecule has 1 aromatic heterocycles. The molecule has 1 aliphatic carbocycles. The average Bonchev–Trinajstić information content (AvgIpc) is 2.75. The Labute approximate surface area is 109 Å². The molecule has 0 amide bonds. The SMILES string of the molecule is CCCc1noc(C2CCC(N)C(C)C2(C)C)n1. The summed E-state index contributed by atoms with van der Waals surface area (Å²) in [5.74, 6) is 2.45. The lowest BCUT2D eigenvalue weighted by molar-refractivity contribution is 0.0806. The standard InChI is InChI=1S/C14H25N3O/c1-5-6-12-16-13(18-17-12)10-7-8-11(15)9(2)14(10,3)4/h9-11H,5-8,15H2,1-4H3. The summed E-state index contributed by atoms with van der Waals surface area (Å²) in [5.41, 5.74) is 6.30. The fraction of sp³-hybridized carbons (Fsp3) is 0.857. The maximum Gasteiger partial charge on any atom is 0.230 e. The molecule has 102 valence electrons. The molecule has 0 aliphatic heterocycles. The summed E-state index contributed by atoms with van der Waals surface area (Å²) in [7, 11) is 0. The van der Waals surface area contributed by atoms with Gasteiger partial charge in [0, 0.05) is 18.4 Å². The number of aromatic nitrogens is 2. The van der Waals surface area contributed by atoms with Gasteiger partial charge in [-0.3, -0.25) is 0 Å². The van der Waals surface area contributed by atoms with Gasteiger partial charge < -0.3 is 10.3 Å². The van der Waals surface area contributed by atoms with E-state index in [1.54, 1.807) is 0 Å². The zero-order valence-electron chi connectivity index (χ0n) is 11.9. The molecule has 0 radical (unpaired) electrons. The van der Waals surface area contributed by atoms with E-state index in [1.165, 1.54) is 0 Å². The molecule has 1 fully saturated rings. The molecule has 4 heteroatoms. The molecule has 4 nitrogen and oxygen atoms in total. The number of hydrogen-bond donors (Lipinski definition) is 1. The van der Waals surface area contributed by atoms with Gasteiger partial charge in [-0.15, -0.1) is 0 Å². The number of nitrogens with zero attached hydrogens (tertiary/aromatic N) is 2. The van der Waals surface area contributed by atoms with Crippen LogP contribution in [0, 0.1) is 11.3 Å². The second kappa shape index (κ2) is 5.00. The van der Waals surface area contributed by atoms with E-state index in [0.717, 1.165) is 37.4 Å². The van der Waals surface area contributed by atoms with E-state index in [-0.39, 0.29) is 11.5 Å². The van der Waals surface area contributed by atoms with Crippen LogP contribution in [0.15, 0.2) is 4.52 Å². The van der Waals surface area contributed by atoms with E-state index >= 15 is 0 Å². The topological polar surface area (TPSA) is 64.9 Å². The molecule has 1 saturated carbocycles. The van der Waals surface area contributed by atoms with Crippen LogP contribution in [0.25, 0.3) is 0 Å². The normalized spacial score (nSPS) is 31.5. The van der Waals surface area contributed by atoms with Gasteiger partial charge in [0.25, 0.3) is 0 Å². The van der Waals surface area contributed by atoms with Crippen LogP contribution < -0.4 is 5.73 Å². The molecule has 1 aliphatic rings. The Kier molecular flexibility index (Phi) is 3.76. The Bertz CT molecular complexity index is 399. The van der Waals surface area contributed by atoms with Crippen LogP contribution in [0.2, 0.25) is 0 Å². The van der Waals surface area contributed by atoms with Crippen molar-refractivity contribution in [1.82, 2.24) is 10.1 Å². The van der Waals surface area contributed by atoms with Gasteiger partial charge in [-0.05, 0) is 30.6 Å². The number of aryl methyl sites for hydroxylation is 1. The molecule has 1 heterocycles. The highest BCUT2D eigenvalue weighted by molar-refractivity contribution is 5.06. The molecule has 0 bridgehead atoms. The quantitative estimate of drug-likeness (QED) is 0.897. The van der Waals surface area contributed by atoms with Crippen molar-refractivity contribution in [2.75, 3.05) is 0 Å². The number of nitrogens with two attached hydrogens (primary N) is 1. The third-order valence-electron chi connectivity index (χ3n) is 4.76. The molecule has 3 unspecified atom stereocenters. The molecule has 0 spiro atoms. The van der Waals surface area contributed by atoms with Crippen molar-refractivity contribution < 1.29 is 4.52 Å². The minimum atomic E-state index is 0.119. The van der Waals surface area contributed by atoms with Crippen molar-refractivity contribution in [1.29, 1.82) is 0 Å².